The van der Waals surface area contributed by atoms with Crippen molar-refractivity contribution in [1.82, 2.24) is 10.2 Å². The molecule has 0 bridgehead atoms. The van der Waals surface area contributed by atoms with Gasteiger partial charge in [-0.15, -0.1) is 0 Å². The number of carbonyl (C=O) groups is 1. The molecule has 0 spiro atoms. The number of aliphatic hydroxyl groups is 1. The average molecular weight is 397 g/mol. The van der Waals surface area contributed by atoms with Crippen LogP contribution in [-0.4, -0.2) is 47.7 Å². The smallest absolute Gasteiger partial charge is 0.226 e. The standard InChI is InChI=1S/C25H36N2O2/c1-2-15-26-16-22-24(23(17-28)27(22)25(29)21-9-6-10-21)20-13-11-19(12-14-20)18-7-4-3-5-8-18/h7,11-14,21-24,26,28H,2-6,8-10,15-17H2,1H3/t22-,23+,24+/m0/s1. The molecule has 0 radical (unpaired) electrons. The van der Waals surface area contributed by atoms with Gasteiger partial charge in [0.1, 0.15) is 0 Å². The molecule has 1 heterocycles. The predicted molar refractivity (Wildman–Crippen MR) is 118 cm³/mol. The minimum Gasteiger partial charge on any atom is -0.394 e. The van der Waals surface area contributed by atoms with Gasteiger partial charge in [0.15, 0.2) is 0 Å². The third-order valence-corrected chi connectivity index (χ3v) is 7.18. The molecule has 0 aromatic heterocycles. The maximum Gasteiger partial charge on any atom is 0.226 e. The van der Waals surface area contributed by atoms with E-state index >= 15 is 0 Å². The molecule has 29 heavy (non-hydrogen) atoms. The Labute approximate surface area is 175 Å². The van der Waals surface area contributed by atoms with E-state index < -0.39 is 0 Å². The first-order chi connectivity index (χ1) is 14.2. The molecule has 158 valence electrons. The second kappa shape index (κ2) is 9.44. The van der Waals surface area contributed by atoms with Crippen LogP contribution in [0.15, 0.2) is 30.3 Å². The summed E-state index contributed by atoms with van der Waals surface area (Å²) >= 11 is 0. The van der Waals surface area contributed by atoms with Crippen molar-refractivity contribution in [3.8, 4) is 0 Å². The fourth-order valence-corrected chi connectivity index (χ4v) is 5.26. The number of nitrogens with one attached hydrogen (secondary N) is 1. The molecule has 2 N–H and O–H groups in total. The largest absolute Gasteiger partial charge is 0.394 e. The Morgan fingerprint density at radius 1 is 1.14 bits per heavy atom. The molecule has 0 unspecified atom stereocenters. The molecule has 2 fully saturated rings. The summed E-state index contributed by atoms with van der Waals surface area (Å²) in [6.45, 7) is 3.98. The van der Waals surface area contributed by atoms with Gasteiger partial charge in [-0.3, -0.25) is 4.79 Å². The van der Waals surface area contributed by atoms with Crippen LogP contribution in [0.1, 0.15) is 75.3 Å². The summed E-state index contributed by atoms with van der Waals surface area (Å²) in [5.74, 6) is 0.654. The lowest BCUT2D eigenvalue weighted by atomic mass is 9.72. The highest BCUT2D eigenvalue weighted by molar-refractivity contribution is 5.82. The number of likely N-dealkylation sites (tertiary alicyclic amines) is 1. The number of rotatable bonds is 8. The number of hydrogen-bond acceptors (Lipinski definition) is 3. The Morgan fingerprint density at radius 3 is 2.52 bits per heavy atom. The van der Waals surface area contributed by atoms with Crippen LogP contribution in [0.4, 0.5) is 0 Å². The van der Waals surface area contributed by atoms with Crippen LogP contribution in [0.25, 0.3) is 5.57 Å². The van der Waals surface area contributed by atoms with Crippen LogP contribution in [0, 0.1) is 5.92 Å². The SMILES string of the molecule is CCCNC[C@H]1[C@@H](c2ccc(C3=CCCCC3)cc2)[C@@H](CO)N1C(=O)C1CCC1. The van der Waals surface area contributed by atoms with Gasteiger partial charge in [-0.05, 0) is 68.2 Å². The maximum atomic E-state index is 13.0. The predicted octanol–water partition coefficient (Wildman–Crippen LogP) is 4.10. The summed E-state index contributed by atoms with van der Waals surface area (Å²) in [7, 11) is 0. The van der Waals surface area contributed by atoms with Crippen molar-refractivity contribution in [2.75, 3.05) is 19.7 Å². The molecular formula is C25H36N2O2. The zero-order chi connectivity index (χ0) is 20.2. The fourth-order valence-electron chi connectivity index (χ4n) is 5.26. The molecule has 2 aliphatic carbocycles. The number of hydrogen-bond donors (Lipinski definition) is 2. The Morgan fingerprint density at radius 2 is 1.93 bits per heavy atom. The van der Waals surface area contributed by atoms with Crippen LogP contribution in [-0.2, 0) is 4.79 Å². The molecule has 4 rings (SSSR count). The second-order valence-electron chi connectivity index (χ2n) is 9.02. The Hall–Kier alpha value is -1.65. The van der Waals surface area contributed by atoms with Crippen LogP contribution < -0.4 is 5.32 Å². The molecule has 3 aliphatic rings. The van der Waals surface area contributed by atoms with Crippen molar-refractivity contribution in [1.29, 1.82) is 0 Å². The van der Waals surface area contributed by atoms with E-state index in [0.29, 0.717) is 0 Å². The number of aliphatic hydroxyl groups excluding tert-OH is 1. The van der Waals surface area contributed by atoms with Crippen LogP contribution >= 0.6 is 0 Å². The molecule has 1 saturated heterocycles. The van der Waals surface area contributed by atoms with E-state index in [0.717, 1.165) is 38.8 Å². The summed E-state index contributed by atoms with van der Waals surface area (Å²) in [5, 5.41) is 13.7. The molecule has 1 amide bonds. The molecule has 3 atom stereocenters. The van der Waals surface area contributed by atoms with Crippen molar-refractivity contribution in [2.45, 2.75) is 76.3 Å². The minimum atomic E-state index is -0.0868. The zero-order valence-electron chi connectivity index (χ0n) is 17.8. The molecule has 1 saturated carbocycles. The van der Waals surface area contributed by atoms with Gasteiger partial charge in [0.2, 0.25) is 5.91 Å². The van der Waals surface area contributed by atoms with Gasteiger partial charge >= 0.3 is 0 Å². The number of amides is 1. The number of benzene rings is 1. The maximum absolute atomic E-state index is 13.0. The summed E-state index contributed by atoms with van der Waals surface area (Å²) in [5.41, 5.74) is 4.06. The van der Waals surface area contributed by atoms with Crippen LogP contribution in [0.3, 0.4) is 0 Å². The van der Waals surface area contributed by atoms with Crippen LogP contribution in [0.5, 0.6) is 0 Å². The number of nitrogens with zero attached hydrogens (tertiary/aromatic N) is 1. The molecule has 1 aromatic carbocycles. The summed E-state index contributed by atoms with van der Waals surface area (Å²) in [6.07, 6.45) is 11.6. The van der Waals surface area contributed by atoms with E-state index in [1.807, 2.05) is 4.90 Å². The lowest BCUT2D eigenvalue weighted by Gasteiger charge is -2.56. The normalized spacial score (nSPS) is 27.2. The number of carbonyl (C=O) groups excluding carboxylic acids is 1. The number of allylic oxidation sites excluding steroid dienone is 2. The summed E-state index contributed by atoms with van der Waals surface area (Å²) < 4.78 is 0. The van der Waals surface area contributed by atoms with Gasteiger partial charge in [-0.2, -0.15) is 0 Å². The lowest BCUT2D eigenvalue weighted by molar-refractivity contribution is -0.157. The van der Waals surface area contributed by atoms with Crippen molar-refractivity contribution >= 4 is 11.5 Å². The first-order valence-corrected chi connectivity index (χ1v) is 11.7. The van der Waals surface area contributed by atoms with Crippen molar-refractivity contribution in [3.05, 3.63) is 41.5 Å². The minimum absolute atomic E-state index is 0.0420. The monoisotopic (exact) mass is 396 g/mol. The lowest BCUT2D eigenvalue weighted by Crippen LogP contribution is -2.69. The van der Waals surface area contributed by atoms with Gasteiger partial charge in [-0.1, -0.05) is 43.7 Å². The Kier molecular flexibility index (Phi) is 6.71. The molecule has 1 aliphatic heterocycles. The van der Waals surface area contributed by atoms with E-state index in [4.69, 9.17) is 0 Å². The Bertz CT molecular complexity index is 723. The van der Waals surface area contributed by atoms with Crippen molar-refractivity contribution in [2.24, 2.45) is 5.92 Å². The molecule has 4 heteroatoms. The highest BCUT2D eigenvalue weighted by atomic mass is 16.3. The first-order valence-electron chi connectivity index (χ1n) is 11.7. The van der Waals surface area contributed by atoms with Crippen LogP contribution in [0.2, 0.25) is 0 Å². The Balaban J connectivity index is 1.52. The topological polar surface area (TPSA) is 52.6 Å². The molecule has 4 nitrogen and oxygen atoms in total. The summed E-state index contributed by atoms with van der Waals surface area (Å²) in [4.78, 5) is 15.0. The van der Waals surface area contributed by atoms with E-state index in [-0.39, 0.29) is 36.4 Å². The van der Waals surface area contributed by atoms with Crippen molar-refractivity contribution < 1.29 is 9.90 Å². The van der Waals surface area contributed by atoms with E-state index in [1.54, 1.807) is 0 Å². The molecular weight excluding hydrogens is 360 g/mol. The average Bonchev–Trinajstić information content (AvgIpc) is 2.70. The van der Waals surface area contributed by atoms with Gasteiger partial charge in [-0.25, -0.2) is 0 Å². The third-order valence-electron chi connectivity index (χ3n) is 7.18. The van der Waals surface area contributed by atoms with Gasteiger partial charge in [0.05, 0.1) is 18.7 Å². The zero-order valence-corrected chi connectivity index (χ0v) is 17.8. The van der Waals surface area contributed by atoms with E-state index in [2.05, 4.69) is 42.6 Å². The fraction of sp³-hybridized carbons (Fsp3) is 0.640. The second-order valence-corrected chi connectivity index (χ2v) is 9.02. The summed E-state index contributed by atoms with van der Waals surface area (Å²) in [6, 6.07) is 9.01. The highest BCUT2D eigenvalue weighted by Crippen LogP contribution is 2.43. The van der Waals surface area contributed by atoms with Gasteiger partial charge in [0, 0.05) is 18.4 Å². The first kappa shape index (κ1) is 20.6. The third kappa shape index (κ3) is 4.15. The van der Waals surface area contributed by atoms with E-state index in [9.17, 15) is 9.90 Å². The van der Waals surface area contributed by atoms with Gasteiger partial charge in [0.25, 0.3) is 0 Å². The quantitative estimate of drug-likeness (QED) is 0.651. The molecule has 1 aromatic rings. The van der Waals surface area contributed by atoms with Crippen molar-refractivity contribution in [3.63, 3.8) is 0 Å². The van der Waals surface area contributed by atoms with Gasteiger partial charge < -0.3 is 15.3 Å². The van der Waals surface area contributed by atoms with E-state index in [1.165, 1.54) is 42.4 Å². The highest BCUT2D eigenvalue weighted by Gasteiger charge is 2.52.